The quantitative estimate of drug-likeness (QED) is 0.182. The number of allylic oxidation sites excluding steroid dienone is 1. The van der Waals surface area contributed by atoms with Gasteiger partial charge in [0.05, 0.1) is 16.7 Å². The molecule has 8 heteroatoms. The smallest absolute Gasteiger partial charge is 0.273 e. The molecule has 2 rings (SSSR count). The van der Waals surface area contributed by atoms with Gasteiger partial charge in [-0.25, -0.2) is 5.53 Å². The number of nitro groups is 1. The fraction of sp³-hybridized carbons (Fsp3) is 0.118. The van der Waals surface area contributed by atoms with E-state index in [-0.39, 0.29) is 22.8 Å². The molecule has 0 saturated heterocycles. The number of hydrogen-bond acceptors (Lipinski definition) is 7. The van der Waals surface area contributed by atoms with Gasteiger partial charge in [-0.2, -0.15) is 5.11 Å². The van der Waals surface area contributed by atoms with Crippen LogP contribution in [0.3, 0.4) is 0 Å². The molecule has 25 heavy (non-hydrogen) atoms. The zero-order chi connectivity index (χ0) is 18.6. The minimum Gasteiger partial charge on any atom is -0.506 e. The molecule has 0 heterocycles. The van der Waals surface area contributed by atoms with E-state index >= 15 is 0 Å². The molecule has 0 fully saturated rings. The van der Waals surface area contributed by atoms with Gasteiger partial charge in [-0.1, -0.05) is 17.2 Å². The number of rotatable bonds is 6. The zero-order valence-corrected chi connectivity index (χ0v) is 13.6. The number of aryl methyl sites for hydroxylation is 2. The summed E-state index contributed by atoms with van der Waals surface area (Å²) in [6, 6.07) is 8.80. The molecule has 2 aromatic rings. The molecule has 0 atom stereocenters. The topological polar surface area (TPSA) is 129 Å². The van der Waals surface area contributed by atoms with Gasteiger partial charge in [-0.3, -0.25) is 14.9 Å². The number of carbonyl (C=O) groups is 1. The minimum absolute atomic E-state index is 0.153. The van der Waals surface area contributed by atoms with E-state index in [9.17, 15) is 20.0 Å². The van der Waals surface area contributed by atoms with Crippen LogP contribution in [0, 0.1) is 29.5 Å². The van der Waals surface area contributed by atoms with E-state index in [0.29, 0.717) is 5.56 Å². The standard InChI is InChI=1S/C17H16N4O4/c1-10-5-11(2)7-12(6-10)17(23)15(20-18)9-19-14-4-3-13(21(24)25)8-16(14)22/h3-9,18-19,22H,1-2H3/b15-9-,20-18?. The Bertz CT molecular complexity index is 870. The van der Waals surface area contributed by atoms with Crippen LogP contribution in [0.15, 0.2) is 53.4 Å². The second-order valence-corrected chi connectivity index (χ2v) is 5.45. The highest BCUT2D eigenvalue weighted by molar-refractivity contribution is 6.08. The Balaban J connectivity index is 2.27. The minimum atomic E-state index is -0.631. The molecular formula is C17H16N4O4. The number of benzene rings is 2. The van der Waals surface area contributed by atoms with Crippen molar-refractivity contribution in [1.82, 2.24) is 0 Å². The number of hydrogen-bond donors (Lipinski definition) is 3. The second kappa shape index (κ2) is 7.35. The normalized spacial score (nSPS) is 11.0. The molecule has 0 aliphatic rings. The molecule has 0 aliphatic heterocycles. The molecule has 2 aromatic carbocycles. The van der Waals surface area contributed by atoms with Crippen LogP contribution in [-0.2, 0) is 0 Å². The lowest BCUT2D eigenvalue weighted by Gasteiger charge is -2.06. The average Bonchev–Trinajstić information content (AvgIpc) is 2.55. The van der Waals surface area contributed by atoms with Gasteiger partial charge < -0.3 is 10.4 Å². The third-order valence-corrected chi connectivity index (χ3v) is 3.39. The highest BCUT2D eigenvalue weighted by Crippen LogP contribution is 2.28. The summed E-state index contributed by atoms with van der Waals surface area (Å²) in [5.41, 5.74) is 9.15. The van der Waals surface area contributed by atoms with Crippen molar-refractivity contribution >= 4 is 17.2 Å². The van der Waals surface area contributed by atoms with E-state index < -0.39 is 10.7 Å². The fourth-order valence-corrected chi connectivity index (χ4v) is 2.30. The number of phenolic OH excluding ortho intramolecular Hbond substituents is 1. The number of nitrogens with one attached hydrogen (secondary N) is 2. The Kier molecular flexibility index (Phi) is 5.23. The first-order valence-corrected chi connectivity index (χ1v) is 7.26. The molecule has 3 N–H and O–H groups in total. The van der Waals surface area contributed by atoms with Gasteiger partial charge in [-0.15, -0.1) is 0 Å². The van der Waals surface area contributed by atoms with E-state index in [1.807, 2.05) is 19.9 Å². The fourth-order valence-electron chi connectivity index (χ4n) is 2.30. The first kappa shape index (κ1) is 17.8. The Morgan fingerprint density at radius 3 is 2.40 bits per heavy atom. The number of phenols is 1. The average molecular weight is 340 g/mol. The van der Waals surface area contributed by atoms with E-state index in [4.69, 9.17) is 5.53 Å². The van der Waals surface area contributed by atoms with Crippen molar-refractivity contribution in [3.63, 3.8) is 0 Å². The molecular weight excluding hydrogens is 324 g/mol. The lowest BCUT2D eigenvalue weighted by molar-refractivity contribution is -0.384. The molecule has 0 radical (unpaired) electrons. The zero-order valence-electron chi connectivity index (χ0n) is 13.6. The van der Waals surface area contributed by atoms with Gasteiger partial charge in [-0.05, 0) is 32.0 Å². The first-order valence-electron chi connectivity index (χ1n) is 7.26. The Morgan fingerprint density at radius 1 is 1.24 bits per heavy atom. The van der Waals surface area contributed by atoms with Crippen molar-refractivity contribution in [3.05, 3.63) is 75.1 Å². The van der Waals surface area contributed by atoms with Gasteiger partial charge >= 0.3 is 0 Å². The summed E-state index contributed by atoms with van der Waals surface area (Å²) in [5.74, 6) is -0.802. The van der Waals surface area contributed by atoms with Gasteiger partial charge in [0.15, 0.2) is 0 Å². The van der Waals surface area contributed by atoms with Crippen LogP contribution in [0.1, 0.15) is 21.5 Å². The van der Waals surface area contributed by atoms with Crippen LogP contribution in [0.5, 0.6) is 5.75 Å². The van der Waals surface area contributed by atoms with Crippen LogP contribution in [0.2, 0.25) is 0 Å². The van der Waals surface area contributed by atoms with E-state index in [1.165, 1.54) is 18.3 Å². The molecule has 128 valence electrons. The van der Waals surface area contributed by atoms with Gasteiger partial charge in [0.25, 0.3) is 5.69 Å². The monoisotopic (exact) mass is 340 g/mol. The SMILES string of the molecule is Cc1cc(C)cc(C(=O)/C(=C/Nc2ccc([N+](=O)[O-])cc2O)N=N)c1. The van der Waals surface area contributed by atoms with Crippen molar-refractivity contribution in [2.45, 2.75) is 13.8 Å². The molecule has 0 aromatic heterocycles. The number of Topliss-reactive ketones (excluding diaryl/α,β-unsaturated/α-hetero) is 1. The van der Waals surface area contributed by atoms with Crippen LogP contribution in [0.25, 0.3) is 0 Å². The lowest BCUT2D eigenvalue weighted by atomic mass is 10.0. The van der Waals surface area contributed by atoms with Crippen LogP contribution < -0.4 is 5.32 Å². The van der Waals surface area contributed by atoms with Crippen molar-refractivity contribution < 1.29 is 14.8 Å². The van der Waals surface area contributed by atoms with Crippen molar-refractivity contribution in [2.75, 3.05) is 5.32 Å². The third kappa shape index (κ3) is 4.25. The maximum Gasteiger partial charge on any atom is 0.273 e. The summed E-state index contributed by atoms with van der Waals surface area (Å²) in [4.78, 5) is 22.5. The molecule has 0 saturated carbocycles. The number of ketones is 1. The number of anilines is 1. The summed E-state index contributed by atoms with van der Waals surface area (Å²) in [5, 5.41) is 26.3. The highest BCUT2D eigenvalue weighted by atomic mass is 16.6. The predicted molar refractivity (Wildman–Crippen MR) is 91.9 cm³/mol. The van der Waals surface area contributed by atoms with Crippen LogP contribution in [0.4, 0.5) is 11.4 Å². The van der Waals surface area contributed by atoms with Crippen LogP contribution in [-0.4, -0.2) is 15.8 Å². The molecule has 0 bridgehead atoms. The molecule has 0 amide bonds. The Morgan fingerprint density at radius 2 is 1.88 bits per heavy atom. The Hall–Kier alpha value is -3.55. The summed E-state index contributed by atoms with van der Waals surface area (Å²) >= 11 is 0. The summed E-state index contributed by atoms with van der Waals surface area (Å²) in [6.07, 6.45) is 1.17. The van der Waals surface area contributed by atoms with Crippen LogP contribution >= 0.6 is 0 Å². The maximum atomic E-state index is 12.5. The number of nitrogens with zero attached hydrogens (tertiary/aromatic N) is 2. The third-order valence-electron chi connectivity index (χ3n) is 3.39. The summed E-state index contributed by atoms with van der Waals surface area (Å²) in [7, 11) is 0. The number of aromatic hydroxyl groups is 1. The highest BCUT2D eigenvalue weighted by Gasteiger charge is 2.14. The summed E-state index contributed by atoms with van der Waals surface area (Å²) in [6.45, 7) is 3.72. The van der Waals surface area contributed by atoms with Gasteiger partial charge in [0.2, 0.25) is 5.78 Å². The molecule has 8 nitrogen and oxygen atoms in total. The van der Waals surface area contributed by atoms with Gasteiger partial charge in [0, 0.05) is 17.8 Å². The summed E-state index contributed by atoms with van der Waals surface area (Å²) < 4.78 is 0. The Labute approximate surface area is 143 Å². The van der Waals surface area contributed by atoms with E-state index in [0.717, 1.165) is 17.2 Å². The predicted octanol–water partition coefficient (Wildman–Crippen LogP) is 4.08. The van der Waals surface area contributed by atoms with Crippen molar-refractivity contribution in [1.29, 1.82) is 5.53 Å². The first-order chi connectivity index (χ1) is 11.8. The maximum absolute atomic E-state index is 12.5. The molecule has 0 spiro atoms. The molecule has 0 aliphatic carbocycles. The van der Waals surface area contributed by atoms with Gasteiger partial charge in [0.1, 0.15) is 11.4 Å². The number of carbonyl (C=O) groups excluding carboxylic acids is 1. The van der Waals surface area contributed by atoms with Crippen molar-refractivity contribution in [2.24, 2.45) is 5.11 Å². The van der Waals surface area contributed by atoms with Crippen molar-refractivity contribution in [3.8, 4) is 5.75 Å². The second-order valence-electron chi connectivity index (χ2n) is 5.45. The molecule has 0 unspecified atom stereocenters. The van der Waals surface area contributed by atoms with E-state index in [2.05, 4.69) is 10.4 Å². The van der Waals surface area contributed by atoms with E-state index in [1.54, 1.807) is 12.1 Å². The lowest BCUT2D eigenvalue weighted by Crippen LogP contribution is -2.05. The number of nitro benzene ring substituents is 1. The largest absolute Gasteiger partial charge is 0.506 e. The number of non-ortho nitro benzene ring substituents is 1.